The van der Waals surface area contributed by atoms with Crippen molar-refractivity contribution in [1.82, 2.24) is 14.5 Å². The number of para-hydroxylation sites is 1. The molecule has 0 amide bonds. The van der Waals surface area contributed by atoms with Crippen molar-refractivity contribution in [3.63, 3.8) is 0 Å². The number of pyridine rings is 2. The zero-order chi connectivity index (χ0) is 18.6. The van der Waals surface area contributed by atoms with Crippen LogP contribution in [0.3, 0.4) is 0 Å². The van der Waals surface area contributed by atoms with E-state index in [1.807, 2.05) is 24.5 Å². The molecule has 134 valence electrons. The molecule has 0 bridgehead atoms. The van der Waals surface area contributed by atoms with Gasteiger partial charge in [0, 0.05) is 61.4 Å². The molecule has 0 radical (unpaired) electrons. The largest absolute Gasteiger partial charge is 0.350 e. The average Bonchev–Trinajstić information content (AvgIpc) is 3.05. The molecular formula is C23H22N4. The summed E-state index contributed by atoms with van der Waals surface area (Å²) in [7, 11) is 2.07. The molecule has 0 saturated heterocycles. The Balaban J connectivity index is 1.70. The molecule has 1 aromatic carbocycles. The molecule has 4 nitrogen and oxygen atoms in total. The van der Waals surface area contributed by atoms with Crippen LogP contribution in [0.5, 0.6) is 0 Å². The highest BCUT2D eigenvalue weighted by Crippen LogP contribution is 2.31. The first-order chi connectivity index (χ1) is 13.3. The van der Waals surface area contributed by atoms with Crippen LogP contribution in [0.15, 0.2) is 73.4 Å². The van der Waals surface area contributed by atoms with Gasteiger partial charge in [-0.1, -0.05) is 30.4 Å². The van der Waals surface area contributed by atoms with Gasteiger partial charge in [-0.2, -0.15) is 0 Å². The summed E-state index contributed by atoms with van der Waals surface area (Å²) in [5, 5.41) is 1.24. The maximum absolute atomic E-state index is 6.19. The summed E-state index contributed by atoms with van der Waals surface area (Å²) < 4.78 is 2.16. The molecule has 3 heterocycles. The lowest BCUT2D eigenvalue weighted by Gasteiger charge is -2.15. The lowest BCUT2D eigenvalue weighted by atomic mass is 9.91. The van der Waals surface area contributed by atoms with Crippen LogP contribution >= 0.6 is 0 Å². The van der Waals surface area contributed by atoms with E-state index in [4.69, 9.17) is 5.73 Å². The number of hydrogen-bond donors (Lipinski definition) is 1. The van der Waals surface area contributed by atoms with Gasteiger partial charge in [0.2, 0.25) is 0 Å². The van der Waals surface area contributed by atoms with Crippen molar-refractivity contribution >= 4 is 23.1 Å². The molecular weight excluding hydrogens is 332 g/mol. The summed E-state index contributed by atoms with van der Waals surface area (Å²) in [6.45, 7) is 0.535. The Morgan fingerprint density at radius 3 is 2.59 bits per heavy atom. The molecule has 4 aromatic rings. The van der Waals surface area contributed by atoms with E-state index < -0.39 is 0 Å². The Kier molecular flexibility index (Phi) is 4.81. The van der Waals surface area contributed by atoms with Crippen molar-refractivity contribution in [1.29, 1.82) is 0 Å². The number of benzene rings is 1. The highest BCUT2D eigenvalue weighted by atomic mass is 14.9. The van der Waals surface area contributed by atoms with E-state index in [1.54, 1.807) is 12.4 Å². The van der Waals surface area contributed by atoms with E-state index in [2.05, 4.69) is 70.3 Å². The Morgan fingerprint density at radius 2 is 1.78 bits per heavy atom. The second-order valence-corrected chi connectivity index (χ2v) is 6.67. The van der Waals surface area contributed by atoms with Gasteiger partial charge in [0.15, 0.2) is 0 Å². The summed E-state index contributed by atoms with van der Waals surface area (Å²) >= 11 is 0. The Labute approximate surface area is 159 Å². The standard InChI is InChI=1S/C23H22N4/c1-27-16-22(20-4-2-3-5-23(20)27)21(13-24)19-12-18(14-26-15-19)7-6-17-8-10-25-11-9-17/h2-12,14-16,21H,13,24H2,1H3/b7-6+. The van der Waals surface area contributed by atoms with Gasteiger partial charge >= 0.3 is 0 Å². The van der Waals surface area contributed by atoms with E-state index in [-0.39, 0.29) is 5.92 Å². The van der Waals surface area contributed by atoms with Gasteiger partial charge in [0.1, 0.15) is 0 Å². The zero-order valence-electron chi connectivity index (χ0n) is 15.3. The van der Waals surface area contributed by atoms with Gasteiger partial charge in [-0.15, -0.1) is 0 Å². The smallest absolute Gasteiger partial charge is 0.0480 e. The molecule has 0 spiro atoms. The number of rotatable bonds is 5. The van der Waals surface area contributed by atoms with Crippen molar-refractivity contribution in [3.05, 3.63) is 95.7 Å². The Hall–Kier alpha value is -3.24. The van der Waals surface area contributed by atoms with Gasteiger partial charge in [-0.25, -0.2) is 0 Å². The monoisotopic (exact) mass is 354 g/mol. The first kappa shape index (κ1) is 17.2. The number of nitrogens with zero attached hydrogens (tertiary/aromatic N) is 3. The first-order valence-electron chi connectivity index (χ1n) is 9.03. The van der Waals surface area contributed by atoms with Gasteiger partial charge in [-0.05, 0) is 46.5 Å². The van der Waals surface area contributed by atoms with E-state index in [0.29, 0.717) is 6.54 Å². The topological polar surface area (TPSA) is 56.7 Å². The molecule has 2 N–H and O–H groups in total. The highest BCUT2D eigenvalue weighted by molar-refractivity contribution is 5.85. The predicted octanol–water partition coefficient (Wildman–Crippen LogP) is 4.23. The Bertz CT molecular complexity index is 1080. The molecule has 3 aromatic heterocycles. The number of nitrogens with two attached hydrogens (primary N) is 1. The third kappa shape index (κ3) is 3.52. The van der Waals surface area contributed by atoms with Gasteiger partial charge < -0.3 is 10.3 Å². The summed E-state index contributed by atoms with van der Waals surface area (Å²) in [5.74, 6) is 0.109. The third-order valence-corrected chi connectivity index (χ3v) is 4.90. The molecule has 4 rings (SSSR count). The van der Waals surface area contributed by atoms with Crippen molar-refractivity contribution in [2.24, 2.45) is 12.8 Å². The fraction of sp³-hybridized carbons (Fsp3) is 0.130. The highest BCUT2D eigenvalue weighted by Gasteiger charge is 2.18. The van der Waals surface area contributed by atoms with Crippen LogP contribution in [0.4, 0.5) is 0 Å². The Morgan fingerprint density at radius 1 is 1.00 bits per heavy atom. The molecule has 0 aliphatic heterocycles. The number of fused-ring (bicyclic) bond motifs is 1. The minimum absolute atomic E-state index is 0.109. The quantitative estimate of drug-likeness (QED) is 0.583. The number of aromatic nitrogens is 3. The first-order valence-corrected chi connectivity index (χ1v) is 9.03. The van der Waals surface area contributed by atoms with Crippen LogP contribution in [-0.2, 0) is 7.05 Å². The molecule has 0 saturated carbocycles. The summed E-state index contributed by atoms with van der Waals surface area (Å²) in [6, 6.07) is 14.6. The maximum atomic E-state index is 6.19. The fourth-order valence-corrected chi connectivity index (χ4v) is 3.52. The molecule has 27 heavy (non-hydrogen) atoms. The molecule has 1 unspecified atom stereocenters. The van der Waals surface area contributed by atoms with Crippen LogP contribution in [0, 0.1) is 0 Å². The van der Waals surface area contributed by atoms with Gasteiger partial charge in [-0.3, -0.25) is 9.97 Å². The number of aryl methyl sites for hydroxylation is 1. The molecule has 0 aliphatic carbocycles. The fourth-order valence-electron chi connectivity index (χ4n) is 3.52. The SMILES string of the molecule is Cn1cc(C(CN)c2cncc(/C=C/c3ccncc3)c2)c2ccccc21. The maximum Gasteiger partial charge on any atom is 0.0480 e. The number of hydrogen-bond acceptors (Lipinski definition) is 3. The van der Waals surface area contributed by atoms with Crippen LogP contribution in [0.25, 0.3) is 23.1 Å². The molecule has 1 atom stereocenters. The molecule has 0 aliphatic rings. The minimum Gasteiger partial charge on any atom is -0.350 e. The summed E-state index contributed by atoms with van der Waals surface area (Å²) in [4.78, 5) is 8.50. The third-order valence-electron chi connectivity index (χ3n) is 4.90. The summed E-state index contributed by atoms with van der Waals surface area (Å²) in [6.07, 6.45) is 13.7. The van der Waals surface area contributed by atoms with Crippen LogP contribution < -0.4 is 5.73 Å². The van der Waals surface area contributed by atoms with Crippen LogP contribution in [-0.4, -0.2) is 21.1 Å². The van der Waals surface area contributed by atoms with Crippen LogP contribution in [0.2, 0.25) is 0 Å². The van der Waals surface area contributed by atoms with Gasteiger partial charge in [0.25, 0.3) is 0 Å². The second kappa shape index (κ2) is 7.56. The molecule has 0 fully saturated rings. The van der Waals surface area contributed by atoms with E-state index in [0.717, 1.165) is 16.7 Å². The van der Waals surface area contributed by atoms with E-state index >= 15 is 0 Å². The normalized spacial score (nSPS) is 12.7. The van der Waals surface area contributed by atoms with Crippen molar-refractivity contribution in [2.45, 2.75) is 5.92 Å². The van der Waals surface area contributed by atoms with Crippen LogP contribution in [0.1, 0.15) is 28.2 Å². The lowest BCUT2D eigenvalue weighted by molar-refractivity contribution is 0.810. The molecule has 4 heteroatoms. The van der Waals surface area contributed by atoms with Crippen molar-refractivity contribution < 1.29 is 0 Å². The van der Waals surface area contributed by atoms with Crippen molar-refractivity contribution in [2.75, 3.05) is 6.54 Å². The zero-order valence-corrected chi connectivity index (χ0v) is 15.3. The predicted molar refractivity (Wildman–Crippen MR) is 111 cm³/mol. The average molecular weight is 354 g/mol. The minimum atomic E-state index is 0.109. The van der Waals surface area contributed by atoms with E-state index in [1.165, 1.54) is 16.5 Å². The van der Waals surface area contributed by atoms with E-state index in [9.17, 15) is 0 Å². The van der Waals surface area contributed by atoms with Crippen molar-refractivity contribution in [3.8, 4) is 0 Å². The lowest BCUT2D eigenvalue weighted by Crippen LogP contribution is -2.14. The summed E-state index contributed by atoms with van der Waals surface area (Å²) in [5.41, 5.74) is 11.9. The second-order valence-electron chi connectivity index (χ2n) is 6.67. The van der Waals surface area contributed by atoms with Gasteiger partial charge in [0.05, 0.1) is 0 Å².